The van der Waals surface area contributed by atoms with Crippen LogP contribution in [0, 0.1) is 5.92 Å². The van der Waals surface area contributed by atoms with E-state index in [1.165, 1.54) is 16.4 Å². The minimum atomic E-state index is 0.0991. The minimum absolute atomic E-state index is 0.0991. The van der Waals surface area contributed by atoms with Crippen LogP contribution in [0.25, 0.3) is 0 Å². The van der Waals surface area contributed by atoms with Crippen molar-refractivity contribution in [1.29, 1.82) is 0 Å². The Hall–Kier alpha value is -0.480. The van der Waals surface area contributed by atoms with Crippen molar-refractivity contribution in [2.45, 2.75) is 46.6 Å². The van der Waals surface area contributed by atoms with Crippen molar-refractivity contribution in [2.24, 2.45) is 5.92 Å². The number of nitrogens with one attached hydrogen (secondary N) is 1. The molecule has 86 valence electrons. The predicted octanol–water partition coefficient (Wildman–Crippen LogP) is 2.58. The van der Waals surface area contributed by atoms with E-state index in [0.717, 1.165) is 18.8 Å². The van der Waals surface area contributed by atoms with E-state index in [-0.39, 0.29) is 5.41 Å². The highest BCUT2D eigenvalue weighted by Crippen LogP contribution is 2.25. The van der Waals surface area contributed by atoms with Gasteiger partial charge in [0.25, 0.3) is 0 Å². The van der Waals surface area contributed by atoms with Crippen LogP contribution >= 0.6 is 11.5 Å². The molecular weight excluding hydrogens is 206 g/mol. The second-order valence-electron chi connectivity index (χ2n) is 5.32. The van der Waals surface area contributed by atoms with Gasteiger partial charge in [0.05, 0.1) is 10.6 Å². The van der Waals surface area contributed by atoms with Crippen LogP contribution in [0.3, 0.4) is 0 Å². The fraction of sp³-hybridized carbons (Fsp3) is 0.818. The molecule has 0 saturated carbocycles. The monoisotopic (exact) mass is 227 g/mol. The van der Waals surface area contributed by atoms with Crippen molar-refractivity contribution < 1.29 is 0 Å². The summed E-state index contributed by atoms with van der Waals surface area (Å²) in [4.78, 5) is 1.27. The van der Waals surface area contributed by atoms with Gasteiger partial charge in [-0.15, -0.1) is 5.10 Å². The summed E-state index contributed by atoms with van der Waals surface area (Å²) >= 11 is 1.50. The first-order chi connectivity index (χ1) is 6.91. The summed E-state index contributed by atoms with van der Waals surface area (Å²) in [6.07, 6.45) is 0. The lowest BCUT2D eigenvalue weighted by molar-refractivity contribution is 0.533. The first-order valence-electron chi connectivity index (χ1n) is 5.43. The van der Waals surface area contributed by atoms with Crippen molar-refractivity contribution in [3.63, 3.8) is 0 Å². The number of hydrogen-bond donors (Lipinski definition) is 1. The van der Waals surface area contributed by atoms with E-state index in [1.54, 1.807) is 0 Å². The summed E-state index contributed by atoms with van der Waals surface area (Å²) < 4.78 is 4.04. The Bertz CT molecular complexity index is 299. The smallest absolute Gasteiger partial charge is 0.0854 e. The van der Waals surface area contributed by atoms with E-state index >= 15 is 0 Å². The molecule has 0 spiro atoms. The fourth-order valence-corrected chi connectivity index (χ4v) is 2.19. The third-order valence-corrected chi connectivity index (χ3v) is 2.83. The van der Waals surface area contributed by atoms with Crippen molar-refractivity contribution >= 4 is 11.5 Å². The van der Waals surface area contributed by atoms with Gasteiger partial charge >= 0.3 is 0 Å². The molecule has 0 radical (unpaired) electrons. The molecule has 1 aromatic rings. The molecule has 0 aliphatic heterocycles. The number of hydrogen-bond acceptors (Lipinski definition) is 4. The van der Waals surface area contributed by atoms with Gasteiger partial charge in [-0.1, -0.05) is 39.1 Å². The van der Waals surface area contributed by atoms with Crippen LogP contribution in [0.4, 0.5) is 0 Å². The molecular formula is C11H21N3S. The molecule has 15 heavy (non-hydrogen) atoms. The molecule has 3 nitrogen and oxygen atoms in total. The van der Waals surface area contributed by atoms with Crippen LogP contribution in [0.1, 0.15) is 45.2 Å². The Morgan fingerprint density at radius 2 is 2.00 bits per heavy atom. The summed E-state index contributed by atoms with van der Waals surface area (Å²) in [7, 11) is 0. The van der Waals surface area contributed by atoms with E-state index in [9.17, 15) is 0 Å². The van der Waals surface area contributed by atoms with Gasteiger partial charge in [-0.2, -0.15) is 0 Å². The van der Waals surface area contributed by atoms with Crippen LogP contribution in [0.5, 0.6) is 0 Å². The van der Waals surface area contributed by atoms with Gasteiger partial charge in [0.2, 0.25) is 0 Å². The van der Waals surface area contributed by atoms with Crippen LogP contribution in [-0.4, -0.2) is 16.1 Å². The normalized spacial score (nSPS) is 12.4. The first-order valence-corrected chi connectivity index (χ1v) is 6.21. The highest BCUT2D eigenvalue weighted by atomic mass is 32.1. The zero-order valence-corrected chi connectivity index (χ0v) is 11.1. The quantitative estimate of drug-likeness (QED) is 0.859. The van der Waals surface area contributed by atoms with Gasteiger partial charge in [-0.25, -0.2) is 0 Å². The molecule has 0 fully saturated rings. The van der Waals surface area contributed by atoms with Gasteiger partial charge in [-0.05, 0) is 24.0 Å². The highest BCUT2D eigenvalue weighted by Gasteiger charge is 2.21. The lowest BCUT2D eigenvalue weighted by atomic mass is 9.91. The zero-order valence-electron chi connectivity index (χ0n) is 10.3. The molecule has 0 aromatic carbocycles. The number of aromatic nitrogens is 2. The average molecular weight is 227 g/mol. The van der Waals surface area contributed by atoms with Crippen molar-refractivity contribution in [3.05, 3.63) is 10.6 Å². The largest absolute Gasteiger partial charge is 0.311 e. The Labute approximate surface area is 96.5 Å². The van der Waals surface area contributed by atoms with Crippen molar-refractivity contribution in [1.82, 2.24) is 14.9 Å². The molecule has 1 rings (SSSR count). The molecule has 0 amide bonds. The molecule has 0 unspecified atom stereocenters. The van der Waals surface area contributed by atoms with E-state index in [4.69, 9.17) is 0 Å². The SMILES string of the molecule is CC(C)CNCc1snnc1C(C)(C)C. The maximum absolute atomic E-state index is 4.21. The van der Waals surface area contributed by atoms with E-state index < -0.39 is 0 Å². The second kappa shape index (κ2) is 5.03. The van der Waals surface area contributed by atoms with E-state index in [0.29, 0.717) is 5.92 Å². The number of nitrogens with zero attached hydrogens (tertiary/aromatic N) is 2. The second-order valence-corrected chi connectivity index (χ2v) is 6.16. The molecule has 0 aliphatic carbocycles. The molecule has 0 saturated heterocycles. The third kappa shape index (κ3) is 3.87. The number of rotatable bonds is 4. The minimum Gasteiger partial charge on any atom is -0.311 e. The lowest BCUT2D eigenvalue weighted by Crippen LogP contribution is -2.21. The van der Waals surface area contributed by atoms with Crippen LogP contribution in [-0.2, 0) is 12.0 Å². The van der Waals surface area contributed by atoms with Gasteiger partial charge in [0.15, 0.2) is 0 Å². The Balaban J connectivity index is 2.58. The summed E-state index contributed by atoms with van der Waals surface area (Å²) in [6.45, 7) is 12.9. The summed E-state index contributed by atoms with van der Waals surface area (Å²) in [6, 6.07) is 0. The summed E-state index contributed by atoms with van der Waals surface area (Å²) in [5.41, 5.74) is 1.23. The maximum Gasteiger partial charge on any atom is 0.0854 e. The van der Waals surface area contributed by atoms with Gasteiger partial charge < -0.3 is 5.32 Å². The molecule has 1 heterocycles. The maximum atomic E-state index is 4.21. The molecule has 4 heteroatoms. The average Bonchev–Trinajstić information content (AvgIpc) is 2.50. The van der Waals surface area contributed by atoms with Crippen LogP contribution in [0.2, 0.25) is 0 Å². The van der Waals surface area contributed by atoms with E-state index in [2.05, 4.69) is 49.5 Å². The van der Waals surface area contributed by atoms with Crippen molar-refractivity contribution in [3.8, 4) is 0 Å². The van der Waals surface area contributed by atoms with E-state index in [1.807, 2.05) is 0 Å². The van der Waals surface area contributed by atoms with Gasteiger partial charge in [-0.3, -0.25) is 0 Å². The van der Waals surface area contributed by atoms with Crippen LogP contribution < -0.4 is 5.32 Å². The lowest BCUT2D eigenvalue weighted by Gasteiger charge is -2.16. The predicted molar refractivity (Wildman–Crippen MR) is 65.2 cm³/mol. The topological polar surface area (TPSA) is 37.8 Å². The van der Waals surface area contributed by atoms with Crippen molar-refractivity contribution in [2.75, 3.05) is 6.54 Å². The molecule has 0 aliphatic rings. The summed E-state index contributed by atoms with van der Waals surface area (Å²) in [5, 5.41) is 7.64. The Morgan fingerprint density at radius 1 is 1.33 bits per heavy atom. The molecule has 0 atom stereocenters. The first kappa shape index (κ1) is 12.6. The molecule has 1 N–H and O–H groups in total. The fourth-order valence-electron chi connectivity index (χ4n) is 1.37. The highest BCUT2D eigenvalue weighted by molar-refractivity contribution is 7.05. The Morgan fingerprint density at radius 3 is 2.53 bits per heavy atom. The van der Waals surface area contributed by atoms with Crippen LogP contribution in [0.15, 0.2) is 0 Å². The Kier molecular flexibility index (Phi) is 4.22. The zero-order chi connectivity index (χ0) is 11.5. The standard InChI is InChI=1S/C11H21N3S/c1-8(2)6-12-7-9-10(11(3,4)5)13-14-15-9/h8,12H,6-7H2,1-5H3. The summed E-state index contributed by atoms with van der Waals surface area (Å²) in [5.74, 6) is 0.684. The molecule has 0 bridgehead atoms. The molecule has 1 aromatic heterocycles. The van der Waals surface area contributed by atoms with Gasteiger partial charge in [0, 0.05) is 12.0 Å². The van der Waals surface area contributed by atoms with Gasteiger partial charge in [0.1, 0.15) is 0 Å². The third-order valence-electron chi connectivity index (χ3n) is 2.10.